The van der Waals surface area contributed by atoms with Gasteiger partial charge in [-0.3, -0.25) is 0 Å². The SMILES string of the molecule is Cc1cc(C)n(-c2cc(Oc3ccc(NC(=O)Nc4ccc(C)c(C)c4)cc3)ncn2)n1. The van der Waals surface area contributed by atoms with Crippen LogP contribution in [-0.4, -0.2) is 25.8 Å². The van der Waals surface area contributed by atoms with Crippen LogP contribution in [0.5, 0.6) is 11.6 Å². The third-order valence-electron chi connectivity index (χ3n) is 4.95. The molecule has 2 aromatic carbocycles. The number of amides is 2. The summed E-state index contributed by atoms with van der Waals surface area (Å²) in [6.45, 7) is 7.93. The predicted octanol–water partition coefficient (Wildman–Crippen LogP) is 5.33. The molecule has 0 unspecified atom stereocenters. The van der Waals surface area contributed by atoms with E-state index in [1.54, 1.807) is 35.0 Å². The van der Waals surface area contributed by atoms with Crippen LogP contribution in [0.15, 0.2) is 60.9 Å². The Balaban J connectivity index is 1.39. The lowest BCUT2D eigenvalue weighted by Gasteiger charge is -2.10. The fourth-order valence-corrected chi connectivity index (χ4v) is 3.20. The zero-order chi connectivity index (χ0) is 22.7. The number of carbonyl (C=O) groups is 1. The summed E-state index contributed by atoms with van der Waals surface area (Å²) in [6.07, 6.45) is 1.44. The molecule has 0 atom stereocenters. The maximum absolute atomic E-state index is 12.3. The van der Waals surface area contributed by atoms with Crippen molar-refractivity contribution in [2.45, 2.75) is 27.7 Å². The van der Waals surface area contributed by atoms with E-state index in [9.17, 15) is 4.79 Å². The van der Waals surface area contributed by atoms with E-state index >= 15 is 0 Å². The highest BCUT2D eigenvalue weighted by Crippen LogP contribution is 2.23. The van der Waals surface area contributed by atoms with Crippen LogP contribution in [0.4, 0.5) is 16.2 Å². The van der Waals surface area contributed by atoms with E-state index in [0.717, 1.165) is 22.6 Å². The Morgan fingerprint density at radius 3 is 2.25 bits per heavy atom. The minimum atomic E-state index is -0.313. The van der Waals surface area contributed by atoms with Gasteiger partial charge in [-0.25, -0.2) is 19.4 Å². The third-order valence-corrected chi connectivity index (χ3v) is 4.95. The van der Waals surface area contributed by atoms with Crippen LogP contribution in [0, 0.1) is 27.7 Å². The van der Waals surface area contributed by atoms with Crippen LogP contribution in [0.2, 0.25) is 0 Å². The van der Waals surface area contributed by atoms with E-state index < -0.39 is 0 Å². The molecule has 2 aromatic heterocycles. The maximum atomic E-state index is 12.3. The van der Waals surface area contributed by atoms with Crippen molar-refractivity contribution < 1.29 is 9.53 Å². The summed E-state index contributed by atoms with van der Waals surface area (Å²) < 4.78 is 7.59. The summed E-state index contributed by atoms with van der Waals surface area (Å²) in [7, 11) is 0. The number of carbonyl (C=O) groups excluding carboxylic acids is 1. The molecule has 0 radical (unpaired) electrons. The summed E-state index contributed by atoms with van der Waals surface area (Å²) in [4.78, 5) is 20.7. The molecule has 32 heavy (non-hydrogen) atoms. The largest absolute Gasteiger partial charge is 0.439 e. The molecule has 162 valence electrons. The molecule has 0 spiro atoms. The predicted molar refractivity (Wildman–Crippen MR) is 124 cm³/mol. The Morgan fingerprint density at radius 1 is 0.844 bits per heavy atom. The van der Waals surface area contributed by atoms with Gasteiger partial charge in [0.15, 0.2) is 5.82 Å². The van der Waals surface area contributed by atoms with Gasteiger partial charge in [0.2, 0.25) is 5.88 Å². The second-order valence-electron chi connectivity index (χ2n) is 7.56. The Hall–Kier alpha value is -4.20. The molecule has 0 saturated heterocycles. The smallest absolute Gasteiger partial charge is 0.323 e. The van der Waals surface area contributed by atoms with E-state index in [-0.39, 0.29) is 6.03 Å². The number of aryl methyl sites for hydroxylation is 4. The first-order chi connectivity index (χ1) is 15.4. The molecule has 2 amide bonds. The molecule has 8 heteroatoms. The van der Waals surface area contributed by atoms with Gasteiger partial charge in [-0.2, -0.15) is 5.10 Å². The highest BCUT2D eigenvalue weighted by atomic mass is 16.5. The normalized spacial score (nSPS) is 10.6. The minimum Gasteiger partial charge on any atom is -0.439 e. The number of benzene rings is 2. The third kappa shape index (κ3) is 4.92. The van der Waals surface area contributed by atoms with Gasteiger partial charge in [0.05, 0.1) is 5.69 Å². The summed E-state index contributed by atoms with van der Waals surface area (Å²) in [5.41, 5.74) is 5.57. The molecule has 2 heterocycles. The highest BCUT2D eigenvalue weighted by Gasteiger charge is 2.09. The zero-order valence-electron chi connectivity index (χ0n) is 18.4. The van der Waals surface area contributed by atoms with Crippen LogP contribution >= 0.6 is 0 Å². The first-order valence-electron chi connectivity index (χ1n) is 10.2. The van der Waals surface area contributed by atoms with Gasteiger partial charge in [-0.15, -0.1) is 0 Å². The van der Waals surface area contributed by atoms with Gasteiger partial charge in [-0.1, -0.05) is 6.07 Å². The molecule has 2 N–H and O–H groups in total. The van der Waals surface area contributed by atoms with Crippen LogP contribution in [0.25, 0.3) is 5.82 Å². The number of rotatable bonds is 5. The lowest BCUT2D eigenvalue weighted by atomic mass is 10.1. The maximum Gasteiger partial charge on any atom is 0.323 e. The number of hydrogen-bond donors (Lipinski definition) is 2. The molecule has 0 saturated carbocycles. The number of aromatic nitrogens is 4. The molecule has 4 rings (SSSR count). The van der Waals surface area contributed by atoms with Crippen molar-refractivity contribution in [1.82, 2.24) is 19.7 Å². The molecular weight excluding hydrogens is 404 g/mol. The first-order valence-corrected chi connectivity index (χ1v) is 10.2. The van der Waals surface area contributed by atoms with Crippen LogP contribution < -0.4 is 15.4 Å². The molecule has 0 fully saturated rings. The number of anilines is 2. The quantitative estimate of drug-likeness (QED) is 0.448. The van der Waals surface area contributed by atoms with Gasteiger partial charge >= 0.3 is 6.03 Å². The number of ether oxygens (including phenoxy) is 1. The van der Waals surface area contributed by atoms with Crippen molar-refractivity contribution >= 4 is 17.4 Å². The van der Waals surface area contributed by atoms with Gasteiger partial charge in [0.1, 0.15) is 12.1 Å². The lowest BCUT2D eigenvalue weighted by Crippen LogP contribution is -2.19. The molecule has 4 aromatic rings. The van der Waals surface area contributed by atoms with Gasteiger partial charge in [0.25, 0.3) is 0 Å². The lowest BCUT2D eigenvalue weighted by molar-refractivity contribution is 0.262. The van der Waals surface area contributed by atoms with Gasteiger partial charge < -0.3 is 15.4 Å². The summed E-state index contributed by atoms with van der Waals surface area (Å²) in [5.74, 6) is 1.61. The van der Waals surface area contributed by atoms with E-state index in [1.165, 1.54) is 11.9 Å². The Bertz CT molecular complexity index is 1260. The highest BCUT2D eigenvalue weighted by molar-refractivity contribution is 5.99. The van der Waals surface area contributed by atoms with Crippen molar-refractivity contribution in [3.63, 3.8) is 0 Å². The van der Waals surface area contributed by atoms with Crippen molar-refractivity contribution in [1.29, 1.82) is 0 Å². The monoisotopic (exact) mass is 428 g/mol. The van der Waals surface area contributed by atoms with E-state index in [0.29, 0.717) is 23.1 Å². The topological polar surface area (TPSA) is 94.0 Å². The molecular formula is C24H24N6O2. The first kappa shape index (κ1) is 21.0. The van der Waals surface area contributed by atoms with Crippen molar-refractivity contribution in [2.24, 2.45) is 0 Å². The van der Waals surface area contributed by atoms with Crippen LogP contribution in [0.3, 0.4) is 0 Å². The fourth-order valence-electron chi connectivity index (χ4n) is 3.20. The molecule has 0 bridgehead atoms. The van der Waals surface area contributed by atoms with Crippen molar-refractivity contribution in [2.75, 3.05) is 10.6 Å². The fraction of sp³-hybridized carbons (Fsp3) is 0.167. The second kappa shape index (κ2) is 8.89. The van der Waals surface area contributed by atoms with Crippen molar-refractivity contribution in [3.8, 4) is 17.4 Å². The van der Waals surface area contributed by atoms with Crippen LogP contribution in [0.1, 0.15) is 22.5 Å². The number of hydrogen-bond acceptors (Lipinski definition) is 5. The second-order valence-corrected chi connectivity index (χ2v) is 7.56. The van der Waals surface area contributed by atoms with Crippen LogP contribution in [-0.2, 0) is 0 Å². The molecule has 0 aliphatic rings. The average molecular weight is 428 g/mol. The zero-order valence-corrected chi connectivity index (χ0v) is 18.4. The summed E-state index contributed by atoms with van der Waals surface area (Å²) >= 11 is 0. The number of urea groups is 1. The number of nitrogens with one attached hydrogen (secondary N) is 2. The molecule has 8 nitrogen and oxygen atoms in total. The average Bonchev–Trinajstić information content (AvgIpc) is 3.10. The van der Waals surface area contributed by atoms with Crippen molar-refractivity contribution in [3.05, 3.63) is 83.4 Å². The Kier molecular flexibility index (Phi) is 5.85. The molecule has 0 aliphatic heterocycles. The minimum absolute atomic E-state index is 0.313. The van der Waals surface area contributed by atoms with Gasteiger partial charge in [-0.05, 0) is 81.3 Å². The Morgan fingerprint density at radius 2 is 1.56 bits per heavy atom. The summed E-state index contributed by atoms with van der Waals surface area (Å²) in [5, 5.41) is 10.1. The molecule has 0 aliphatic carbocycles. The van der Waals surface area contributed by atoms with E-state index in [1.807, 2.05) is 52.0 Å². The summed E-state index contributed by atoms with van der Waals surface area (Å²) in [6, 6.07) is 16.2. The van der Waals surface area contributed by atoms with E-state index in [4.69, 9.17) is 4.74 Å². The van der Waals surface area contributed by atoms with Gasteiger partial charge in [0, 0.05) is 23.1 Å². The Labute approximate surface area is 186 Å². The van der Waals surface area contributed by atoms with E-state index in [2.05, 4.69) is 25.7 Å². The standard InChI is InChI=1S/C24H24N6O2/c1-15-5-6-20(11-16(15)2)28-24(31)27-19-7-9-21(10-8-19)32-23-13-22(25-14-26-23)30-18(4)12-17(3)29-30/h5-14H,1-4H3,(H2,27,28,31). The number of nitrogens with zero attached hydrogens (tertiary/aromatic N) is 4.